The van der Waals surface area contributed by atoms with E-state index in [0.717, 1.165) is 25.5 Å². The summed E-state index contributed by atoms with van der Waals surface area (Å²) in [6.45, 7) is 3.00. The summed E-state index contributed by atoms with van der Waals surface area (Å²) in [6.07, 6.45) is 0. The molecule has 1 aromatic rings. The predicted molar refractivity (Wildman–Crippen MR) is 41.0 cm³/mol. The molecule has 0 saturated heterocycles. The first kappa shape index (κ1) is 5.80. The average Bonchev–Trinajstić information content (AvgIpc) is 2.30. The number of fused-ring (bicyclic) bond motifs is 2. The van der Waals surface area contributed by atoms with E-state index in [0.29, 0.717) is 0 Å². The molecule has 1 aliphatic rings. The molecule has 10 heavy (non-hydrogen) atoms. The first-order valence-corrected chi connectivity index (χ1v) is 3.57. The van der Waals surface area contributed by atoms with Gasteiger partial charge in [-0.15, -0.1) is 0 Å². The molecule has 0 radical (unpaired) electrons. The number of aromatic nitrogens is 1. The molecule has 3 heteroatoms. The maximum Gasteiger partial charge on any atom is 0.103 e. The highest BCUT2D eigenvalue weighted by atomic mass is 15.0. The van der Waals surface area contributed by atoms with Crippen molar-refractivity contribution in [2.45, 2.75) is 6.54 Å². The summed E-state index contributed by atoms with van der Waals surface area (Å²) in [7, 11) is 0. The lowest BCUT2D eigenvalue weighted by atomic mass is 10.4. The molecular formula is C7H11N3. The maximum absolute atomic E-state index is 3.29. The molecule has 0 unspecified atom stereocenters. The average molecular weight is 137 g/mol. The second-order valence-electron chi connectivity index (χ2n) is 2.50. The van der Waals surface area contributed by atoms with Crippen LogP contribution in [0.5, 0.6) is 0 Å². The Hall–Kier alpha value is -0.960. The van der Waals surface area contributed by atoms with Gasteiger partial charge in [0.15, 0.2) is 0 Å². The van der Waals surface area contributed by atoms with E-state index in [2.05, 4.69) is 27.8 Å². The molecule has 3 nitrogen and oxygen atoms in total. The highest BCUT2D eigenvalue weighted by Gasteiger charge is 2.00. The molecule has 0 spiro atoms. The van der Waals surface area contributed by atoms with Gasteiger partial charge in [0.05, 0.1) is 0 Å². The number of hydrogen-bond acceptors (Lipinski definition) is 2. The van der Waals surface area contributed by atoms with E-state index in [4.69, 9.17) is 0 Å². The Morgan fingerprint density at radius 1 is 1.20 bits per heavy atom. The standard InChI is InChI=1S/C7H11N3/c1-2-7-9-4-3-8-5-6(1)10-7/h1-2,8-10H,3-5H2. The van der Waals surface area contributed by atoms with Crippen molar-refractivity contribution < 1.29 is 0 Å². The molecular weight excluding hydrogens is 126 g/mol. The number of hydrogen-bond donors (Lipinski definition) is 3. The van der Waals surface area contributed by atoms with Crippen molar-refractivity contribution in [3.8, 4) is 0 Å². The summed E-state index contributed by atoms with van der Waals surface area (Å²) in [4.78, 5) is 3.24. The summed E-state index contributed by atoms with van der Waals surface area (Å²) in [6, 6.07) is 4.17. The van der Waals surface area contributed by atoms with Gasteiger partial charge in [0.25, 0.3) is 0 Å². The minimum absolute atomic E-state index is 0.960. The Bertz CT molecular complexity index is 196. The van der Waals surface area contributed by atoms with Crippen molar-refractivity contribution in [3.05, 3.63) is 17.8 Å². The molecule has 2 heterocycles. The van der Waals surface area contributed by atoms with Crippen LogP contribution >= 0.6 is 0 Å². The van der Waals surface area contributed by atoms with E-state index in [1.165, 1.54) is 5.69 Å². The SMILES string of the molecule is c1cc2[nH]c1CNCCN2. The first-order chi connectivity index (χ1) is 4.95. The van der Waals surface area contributed by atoms with E-state index >= 15 is 0 Å². The van der Waals surface area contributed by atoms with Crippen molar-refractivity contribution in [1.29, 1.82) is 0 Å². The lowest BCUT2D eigenvalue weighted by Gasteiger charge is -2.08. The summed E-state index contributed by atoms with van der Waals surface area (Å²) in [5.74, 6) is 1.14. The molecule has 1 aromatic heterocycles. The summed E-state index contributed by atoms with van der Waals surface area (Å²) >= 11 is 0. The maximum atomic E-state index is 3.29. The van der Waals surface area contributed by atoms with Crippen molar-refractivity contribution in [2.75, 3.05) is 18.4 Å². The van der Waals surface area contributed by atoms with Crippen molar-refractivity contribution in [3.63, 3.8) is 0 Å². The van der Waals surface area contributed by atoms with E-state index in [9.17, 15) is 0 Å². The van der Waals surface area contributed by atoms with Gasteiger partial charge < -0.3 is 15.6 Å². The predicted octanol–water partition coefficient (Wildman–Crippen LogP) is 0.530. The van der Waals surface area contributed by atoms with Crippen molar-refractivity contribution >= 4 is 5.82 Å². The highest BCUT2D eigenvalue weighted by Crippen LogP contribution is 2.07. The van der Waals surface area contributed by atoms with Gasteiger partial charge in [-0.25, -0.2) is 0 Å². The Morgan fingerprint density at radius 3 is 3.20 bits per heavy atom. The van der Waals surface area contributed by atoms with Gasteiger partial charge >= 0.3 is 0 Å². The highest BCUT2D eigenvalue weighted by molar-refractivity contribution is 5.37. The van der Waals surface area contributed by atoms with Gasteiger partial charge in [-0.3, -0.25) is 0 Å². The Morgan fingerprint density at radius 2 is 2.20 bits per heavy atom. The fourth-order valence-electron chi connectivity index (χ4n) is 1.16. The lowest BCUT2D eigenvalue weighted by molar-refractivity contribution is 0.686. The van der Waals surface area contributed by atoms with Crippen LogP contribution in [0.2, 0.25) is 0 Å². The largest absolute Gasteiger partial charge is 0.370 e. The normalized spacial score (nSPS) is 17.2. The van der Waals surface area contributed by atoms with Gasteiger partial charge in [0, 0.05) is 25.3 Å². The third-order valence-corrected chi connectivity index (χ3v) is 1.68. The van der Waals surface area contributed by atoms with Crippen LogP contribution in [0.1, 0.15) is 5.69 Å². The smallest absolute Gasteiger partial charge is 0.103 e. The van der Waals surface area contributed by atoms with E-state index in [1.807, 2.05) is 0 Å². The molecule has 3 N–H and O–H groups in total. The number of rotatable bonds is 0. The second-order valence-corrected chi connectivity index (χ2v) is 2.50. The zero-order valence-corrected chi connectivity index (χ0v) is 5.78. The third kappa shape index (κ3) is 0.998. The molecule has 0 aliphatic carbocycles. The summed E-state index contributed by atoms with van der Waals surface area (Å²) < 4.78 is 0. The minimum Gasteiger partial charge on any atom is -0.370 e. The van der Waals surface area contributed by atoms with E-state index in [-0.39, 0.29) is 0 Å². The Balaban J connectivity index is 2.25. The van der Waals surface area contributed by atoms with Crippen LogP contribution in [0, 0.1) is 0 Å². The van der Waals surface area contributed by atoms with Crippen LogP contribution in [0.3, 0.4) is 0 Å². The van der Waals surface area contributed by atoms with Gasteiger partial charge in [-0.1, -0.05) is 0 Å². The molecule has 2 bridgehead atoms. The quantitative estimate of drug-likeness (QED) is 0.488. The molecule has 1 aliphatic heterocycles. The van der Waals surface area contributed by atoms with Gasteiger partial charge in [0.1, 0.15) is 5.82 Å². The molecule has 54 valence electrons. The minimum atomic E-state index is 0.960. The second kappa shape index (κ2) is 2.34. The topological polar surface area (TPSA) is 39.9 Å². The van der Waals surface area contributed by atoms with Crippen LogP contribution in [-0.4, -0.2) is 18.1 Å². The van der Waals surface area contributed by atoms with Gasteiger partial charge in [-0.05, 0) is 12.1 Å². The Kier molecular flexibility index (Phi) is 1.36. The zero-order valence-electron chi connectivity index (χ0n) is 5.78. The van der Waals surface area contributed by atoms with Crippen LogP contribution < -0.4 is 10.6 Å². The first-order valence-electron chi connectivity index (χ1n) is 3.57. The molecule has 0 saturated carbocycles. The van der Waals surface area contributed by atoms with Crippen LogP contribution in [0.15, 0.2) is 12.1 Å². The Labute approximate surface area is 59.8 Å². The van der Waals surface area contributed by atoms with Crippen molar-refractivity contribution in [2.24, 2.45) is 0 Å². The molecule has 0 aromatic carbocycles. The molecule has 0 fully saturated rings. The third-order valence-electron chi connectivity index (χ3n) is 1.68. The number of nitrogens with one attached hydrogen (secondary N) is 3. The molecule has 0 amide bonds. The molecule has 0 atom stereocenters. The monoisotopic (exact) mass is 137 g/mol. The summed E-state index contributed by atoms with van der Waals surface area (Å²) in [5, 5.41) is 6.54. The van der Waals surface area contributed by atoms with Crippen LogP contribution in [-0.2, 0) is 6.54 Å². The number of H-pyrrole nitrogens is 1. The van der Waals surface area contributed by atoms with Crippen LogP contribution in [0.4, 0.5) is 5.82 Å². The number of aromatic amines is 1. The fraction of sp³-hybridized carbons (Fsp3) is 0.429. The zero-order chi connectivity index (χ0) is 6.81. The summed E-state index contributed by atoms with van der Waals surface area (Å²) in [5.41, 5.74) is 1.25. The van der Waals surface area contributed by atoms with Gasteiger partial charge in [0.2, 0.25) is 0 Å². The van der Waals surface area contributed by atoms with Gasteiger partial charge in [-0.2, -0.15) is 0 Å². The van der Waals surface area contributed by atoms with E-state index in [1.54, 1.807) is 0 Å². The number of anilines is 1. The fourth-order valence-corrected chi connectivity index (χ4v) is 1.16. The van der Waals surface area contributed by atoms with Crippen LogP contribution in [0.25, 0.3) is 0 Å². The van der Waals surface area contributed by atoms with E-state index < -0.39 is 0 Å². The molecule has 2 rings (SSSR count). The van der Waals surface area contributed by atoms with Crippen molar-refractivity contribution in [1.82, 2.24) is 10.3 Å². The lowest BCUT2D eigenvalue weighted by Crippen LogP contribution is -2.23.